The monoisotopic (exact) mass is 238 g/mol. The van der Waals surface area contributed by atoms with E-state index in [1.807, 2.05) is 0 Å². The number of nitrogens with two attached hydrogens (primary N) is 1. The van der Waals surface area contributed by atoms with Crippen LogP contribution < -0.4 is 11.3 Å². The van der Waals surface area contributed by atoms with Gasteiger partial charge in [-0.05, 0) is 19.8 Å². The van der Waals surface area contributed by atoms with Gasteiger partial charge in [-0.2, -0.15) is 5.10 Å². The van der Waals surface area contributed by atoms with Crippen molar-refractivity contribution >= 4 is 11.4 Å². The van der Waals surface area contributed by atoms with E-state index in [2.05, 4.69) is 5.10 Å². The van der Waals surface area contributed by atoms with Crippen molar-refractivity contribution in [1.29, 1.82) is 0 Å². The zero-order valence-electron chi connectivity index (χ0n) is 9.55. The van der Waals surface area contributed by atoms with Crippen LogP contribution in [0.15, 0.2) is 4.79 Å². The zero-order chi connectivity index (χ0) is 12.6. The molecule has 7 nitrogen and oxygen atoms in total. The molecule has 17 heavy (non-hydrogen) atoms. The summed E-state index contributed by atoms with van der Waals surface area (Å²) in [4.78, 5) is 22.0. The fourth-order valence-corrected chi connectivity index (χ4v) is 2.30. The lowest BCUT2D eigenvalue weighted by molar-refractivity contribution is -0.385. The molecule has 0 bridgehead atoms. The van der Waals surface area contributed by atoms with Crippen molar-refractivity contribution in [3.8, 4) is 0 Å². The summed E-state index contributed by atoms with van der Waals surface area (Å²) in [6.45, 7) is 1.50. The summed E-state index contributed by atoms with van der Waals surface area (Å²) in [5, 5.41) is 14.8. The smallest absolute Gasteiger partial charge is 0.320 e. The lowest BCUT2D eigenvalue weighted by atomic mass is 10.2. The standard InChI is InChI=1S/C10H14N4O3/c1-6-9(14(16)17)8(11)10(15)13(12-6)7-4-2-3-5-7/h7H,2-5,11H2,1H3. The Bertz CT molecular complexity index is 517. The molecule has 1 saturated carbocycles. The Kier molecular flexibility index (Phi) is 2.83. The van der Waals surface area contributed by atoms with Crippen LogP contribution in [0.2, 0.25) is 0 Å². The number of aryl methyl sites for hydroxylation is 1. The quantitative estimate of drug-likeness (QED) is 0.614. The van der Waals surface area contributed by atoms with Crippen LogP contribution in [0, 0.1) is 17.0 Å². The summed E-state index contributed by atoms with van der Waals surface area (Å²) >= 11 is 0. The number of rotatable bonds is 2. The van der Waals surface area contributed by atoms with Gasteiger partial charge in [0.2, 0.25) is 0 Å². The fraction of sp³-hybridized carbons (Fsp3) is 0.600. The summed E-state index contributed by atoms with van der Waals surface area (Å²) in [5.74, 6) is 0. The Morgan fingerprint density at radius 2 is 2.06 bits per heavy atom. The van der Waals surface area contributed by atoms with E-state index in [0.29, 0.717) is 0 Å². The molecule has 2 N–H and O–H groups in total. The molecule has 1 aliphatic carbocycles. The Morgan fingerprint density at radius 1 is 1.47 bits per heavy atom. The van der Waals surface area contributed by atoms with Gasteiger partial charge in [-0.15, -0.1) is 0 Å². The van der Waals surface area contributed by atoms with E-state index in [4.69, 9.17) is 5.73 Å². The third-order valence-electron chi connectivity index (χ3n) is 3.15. The topological polar surface area (TPSA) is 104 Å². The lowest BCUT2D eigenvalue weighted by Crippen LogP contribution is -2.30. The summed E-state index contributed by atoms with van der Waals surface area (Å²) in [6.07, 6.45) is 3.86. The van der Waals surface area contributed by atoms with Gasteiger partial charge in [0, 0.05) is 0 Å². The van der Waals surface area contributed by atoms with Crippen molar-refractivity contribution in [1.82, 2.24) is 9.78 Å². The van der Waals surface area contributed by atoms with Crippen LogP contribution >= 0.6 is 0 Å². The maximum Gasteiger partial charge on any atom is 0.320 e. The number of nitrogen functional groups attached to an aromatic ring is 1. The van der Waals surface area contributed by atoms with Crippen LogP contribution in [0.5, 0.6) is 0 Å². The molecule has 1 aromatic rings. The molecule has 92 valence electrons. The molecule has 2 rings (SSSR count). The second kappa shape index (κ2) is 4.15. The predicted molar refractivity (Wildman–Crippen MR) is 61.8 cm³/mol. The first-order valence-electron chi connectivity index (χ1n) is 5.55. The van der Waals surface area contributed by atoms with Gasteiger partial charge in [0.1, 0.15) is 5.69 Å². The van der Waals surface area contributed by atoms with E-state index in [1.54, 1.807) is 0 Å². The fourth-order valence-electron chi connectivity index (χ4n) is 2.30. The summed E-state index contributed by atoms with van der Waals surface area (Å²) in [7, 11) is 0. The van der Waals surface area contributed by atoms with E-state index < -0.39 is 10.5 Å². The van der Waals surface area contributed by atoms with Gasteiger partial charge in [0.05, 0.1) is 11.0 Å². The molecule has 1 heterocycles. The molecule has 1 fully saturated rings. The minimum absolute atomic E-state index is 0.0318. The minimum atomic E-state index is -0.655. The molecule has 1 aromatic heterocycles. The van der Waals surface area contributed by atoms with Gasteiger partial charge >= 0.3 is 5.69 Å². The van der Waals surface area contributed by atoms with Crippen LogP contribution in [0.3, 0.4) is 0 Å². The van der Waals surface area contributed by atoms with Gasteiger partial charge < -0.3 is 5.73 Å². The van der Waals surface area contributed by atoms with Gasteiger partial charge in [-0.3, -0.25) is 14.9 Å². The molecule has 0 aromatic carbocycles. The Labute approximate surface area is 97.4 Å². The predicted octanol–water partition coefficient (Wildman–Crippen LogP) is 1.16. The average Bonchev–Trinajstić information content (AvgIpc) is 2.76. The number of anilines is 1. The van der Waals surface area contributed by atoms with Gasteiger partial charge in [-0.1, -0.05) is 12.8 Å². The first-order valence-corrected chi connectivity index (χ1v) is 5.55. The number of nitro groups is 1. The van der Waals surface area contributed by atoms with E-state index in [1.165, 1.54) is 11.6 Å². The molecule has 7 heteroatoms. The van der Waals surface area contributed by atoms with E-state index in [0.717, 1.165) is 25.7 Å². The first-order chi connectivity index (χ1) is 8.02. The average molecular weight is 238 g/mol. The molecule has 0 radical (unpaired) electrons. The minimum Gasteiger partial charge on any atom is -0.389 e. The lowest BCUT2D eigenvalue weighted by Gasteiger charge is -2.13. The summed E-state index contributed by atoms with van der Waals surface area (Å²) in [6, 6.07) is 0.0318. The number of nitrogens with zero attached hydrogens (tertiary/aromatic N) is 3. The van der Waals surface area contributed by atoms with Crippen molar-refractivity contribution < 1.29 is 4.92 Å². The highest BCUT2D eigenvalue weighted by molar-refractivity contribution is 5.58. The van der Waals surface area contributed by atoms with Crippen LogP contribution in [0.1, 0.15) is 37.4 Å². The number of aromatic nitrogens is 2. The van der Waals surface area contributed by atoms with Crippen LogP contribution in [-0.4, -0.2) is 14.7 Å². The summed E-state index contributed by atoms with van der Waals surface area (Å²) < 4.78 is 1.31. The third-order valence-corrected chi connectivity index (χ3v) is 3.15. The number of hydrogen-bond donors (Lipinski definition) is 1. The normalized spacial score (nSPS) is 16.3. The van der Waals surface area contributed by atoms with Gasteiger partial charge in [0.15, 0.2) is 5.69 Å². The highest BCUT2D eigenvalue weighted by atomic mass is 16.6. The molecular formula is C10H14N4O3. The highest BCUT2D eigenvalue weighted by Gasteiger charge is 2.26. The summed E-state index contributed by atoms with van der Waals surface area (Å²) in [5.41, 5.74) is 4.50. The van der Waals surface area contributed by atoms with Gasteiger partial charge in [-0.25, -0.2) is 4.68 Å². The highest BCUT2D eigenvalue weighted by Crippen LogP contribution is 2.29. The van der Waals surface area contributed by atoms with Gasteiger partial charge in [0.25, 0.3) is 5.56 Å². The largest absolute Gasteiger partial charge is 0.389 e. The number of hydrogen-bond acceptors (Lipinski definition) is 5. The third kappa shape index (κ3) is 1.88. The first kappa shape index (κ1) is 11.6. The van der Waals surface area contributed by atoms with E-state index >= 15 is 0 Å². The molecule has 0 saturated heterocycles. The Morgan fingerprint density at radius 3 is 2.59 bits per heavy atom. The SMILES string of the molecule is Cc1nn(C2CCCC2)c(=O)c(N)c1[N+](=O)[O-]. The molecule has 0 atom stereocenters. The van der Waals surface area contributed by atoms with Crippen LogP contribution in [-0.2, 0) is 0 Å². The molecule has 0 amide bonds. The maximum absolute atomic E-state index is 11.9. The Hall–Kier alpha value is -1.92. The van der Waals surface area contributed by atoms with Crippen molar-refractivity contribution in [3.05, 3.63) is 26.2 Å². The zero-order valence-corrected chi connectivity index (χ0v) is 9.55. The van der Waals surface area contributed by atoms with E-state index in [-0.39, 0.29) is 23.1 Å². The molecular weight excluding hydrogens is 224 g/mol. The maximum atomic E-state index is 11.9. The Balaban J connectivity index is 2.57. The molecule has 1 aliphatic rings. The van der Waals surface area contributed by atoms with Crippen molar-refractivity contribution in [2.24, 2.45) is 0 Å². The molecule has 0 unspecified atom stereocenters. The van der Waals surface area contributed by atoms with Crippen LogP contribution in [0.25, 0.3) is 0 Å². The van der Waals surface area contributed by atoms with E-state index in [9.17, 15) is 14.9 Å². The van der Waals surface area contributed by atoms with Crippen LogP contribution in [0.4, 0.5) is 11.4 Å². The molecule has 0 aliphatic heterocycles. The second-order valence-corrected chi connectivity index (χ2v) is 4.29. The molecule has 0 spiro atoms. The second-order valence-electron chi connectivity index (χ2n) is 4.29. The van der Waals surface area contributed by atoms with Crippen molar-refractivity contribution in [2.75, 3.05) is 5.73 Å². The van der Waals surface area contributed by atoms with Crippen molar-refractivity contribution in [2.45, 2.75) is 38.6 Å². The van der Waals surface area contributed by atoms with Crippen molar-refractivity contribution in [3.63, 3.8) is 0 Å².